The van der Waals surface area contributed by atoms with E-state index in [9.17, 15) is 24.9 Å². The van der Waals surface area contributed by atoms with Crippen LogP contribution in [-0.2, 0) is 26.2 Å². The minimum atomic E-state index is -2.19. The van der Waals surface area contributed by atoms with Crippen molar-refractivity contribution in [1.82, 2.24) is 4.98 Å². The molecule has 0 aromatic carbocycles. The molecule has 4 aliphatic carbocycles. The lowest BCUT2D eigenvalue weighted by atomic mass is 9.36. The third-order valence-corrected chi connectivity index (χ3v) is 10.8. The van der Waals surface area contributed by atoms with Gasteiger partial charge in [-0.1, -0.05) is 20.4 Å². The number of carbonyl (C=O) groups excluding carboxylic acids is 2. The molecule has 1 amide bonds. The number of nitrogens with zero attached hydrogens (tertiary/aromatic N) is 1. The van der Waals surface area contributed by atoms with Crippen molar-refractivity contribution in [2.75, 3.05) is 11.9 Å². The number of anilines is 1. The third kappa shape index (κ3) is 2.12. The molecule has 4 N–H and O–H groups in total. The zero-order chi connectivity index (χ0) is 23.7. The van der Waals surface area contributed by atoms with Gasteiger partial charge in [-0.15, -0.1) is 11.3 Å². The van der Waals surface area contributed by atoms with Gasteiger partial charge in [0.2, 0.25) is 11.7 Å². The van der Waals surface area contributed by atoms with Crippen molar-refractivity contribution < 1.29 is 29.6 Å². The van der Waals surface area contributed by atoms with E-state index in [-0.39, 0.29) is 12.5 Å². The maximum atomic E-state index is 13.8. The molecular formula is C24H30N2O6S. The number of amides is 1. The molecule has 2 spiro atoms. The zero-order valence-electron chi connectivity index (χ0n) is 19.1. The molecule has 2 aliphatic heterocycles. The normalized spacial score (nSPS) is 49.5. The number of aromatic nitrogens is 1. The number of hydrogen-bond acceptors (Lipinski definition) is 8. The van der Waals surface area contributed by atoms with Gasteiger partial charge in [0.05, 0.1) is 18.4 Å². The first-order chi connectivity index (χ1) is 15.5. The van der Waals surface area contributed by atoms with Gasteiger partial charge in [0.25, 0.3) is 0 Å². The van der Waals surface area contributed by atoms with Gasteiger partial charge in [0.1, 0.15) is 11.5 Å². The maximum Gasteiger partial charge on any atom is 0.223 e. The summed E-state index contributed by atoms with van der Waals surface area (Å²) in [5.74, 6) is -4.15. The molecule has 7 rings (SSSR count). The van der Waals surface area contributed by atoms with E-state index in [0.717, 1.165) is 17.0 Å². The zero-order valence-corrected chi connectivity index (χ0v) is 19.9. The van der Waals surface area contributed by atoms with E-state index in [1.807, 2.05) is 0 Å². The van der Waals surface area contributed by atoms with Crippen LogP contribution in [0.25, 0.3) is 0 Å². The highest BCUT2D eigenvalue weighted by Crippen LogP contribution is 2.76. The molecule has 2 saturated heterocycles. The summed E-state index contributed by atoms with van der Waals surface area (Å²) in [5.41, 5.74) is -1.91. The Balaban J connectivity index is 1.66. The van der Waals surface area contributed by atoms with E-state index >= 15 is 0 Å². The molecule has 8 nitrogen and oxygen atoms in total. The lowest BCUT2D eigenvalue weighted by Crippen LogP contribution is -2.85. The topological polar surface area (TPSA) is 129 Å². The van der Waals surface area contributed by atoms with Crippen LogP contribution in [0.2, 0.25) is 0 Å². The Morgan fingerprint density at radius 2 is 2.06 bits per heavy atom. The number of rotatable bonds is 2. The van der Waals surface area contributed by atoms with E-state index in [4.69, 9.17) is 9.72 Å². The summed E-state index contributed by atoms with van der Waals surface area (Å²) < 4.78 is 6.06. The molecule has 33 heavy (non-hydrogen) atoms. The van der Waals surface area contributed by atoms with Crippen molar-refractivity contribution in [2.24, 2.45) is 28.6 Å². The summed E-state index contributed by atoms with van der Waals surface area (Å²) in [5, 5.41) is 38.5. The van der Waals surface area contributed by atoms with Crippen LogP contribution >= 0.6 is 11.3 Å². The first-order valence-corrected chi connectivity index (χ1v) is 12.5. The summed E-state index contributed by atoms with van der Waals surface area (Å²) in [6.07, 6.45) is -0.00477. The Kier molecular flexibility index (Phi) is 4.18. The molecule has 0 radical (unpaired) electrons. The lowest BCUT2D eigenvalue weighted by Gasteiger charge is -2.73. The molecule has 4 bridgehead atoms. The first-order valence-electron chi connectivity index (χ1n) is 11.7. The average Bonchev–Trinajstić information content (AvgIpc) is 3.18. The number of ether oxygens (including phenoxy) is 1. The number of nitrogens with one attached hydrogen (secondary N) is 1. The first kappa shape index (κ1) is 21.9. The summed E-state index contributed by atoms with van der Waals surface area (Å²) in [6, 6.07) is 0. The van der Waals surface area contributed by atoms with Crippen LogP contribution in [-0.4, -0.2) is 56.6 Å². The number of Topliss-reactive ketones (excluding diaryl/α,β-unsaturated/α-hetero) is 1. The Labute approximate surface area is 196 Å². The molecule has 5 fully saturated rings. The quantitative estimate of drug-likeness (QED) is 0.479. The molecule has 1 aromatic heterocycles. The van der Waals surface area contributed by atoms with Gasteiger partial charge in [0.15, 0.2) is 10.9 Å². The summed E-state index contributed by atoms with van der Waals surface area (Å²) in [4.78, 5) is 31.4. The second-order valence-corrected chi connectivity index (χ2v) is 12.1. The van der Waals surface area contributed by atoms with Gasteiger partial charge in [-0.3, -0.25) is 9.59 Å². The minimum Gasteiger partial charge on any atom is -0.391 e. The fraction of sp³-hybridized carbons (Fsp3) is 0.708. The number of fused-ring (bicyclic) bond motifs is 3. The van der Waals surface area contributed by atoms with Crippen LogP contribution in [0.1, 0.15) is 50.6 Å². The molecule has 178 valence electrons. The second kappa shape index (κ2) is 6.31. The van der Waals surface area contributed by atoms with Crippen LogP contribution < -0.4 is 5.32 Å². The number of ketones is 1. The predicted octanol–water partition coefficient (Wildman–Crippen LogP) is 1.53. The van der Waals surface area contributed by atoms with Crippen molar-refractivity contribution in [3.05, 3.63) is 22.7 Å². The predicted molar refractivity (Wildman–Crippen MR) is 119 cm³/mol. The highest BCUT2D eigenvalue weighted by atomic mass is 32.1. The highest BCUT2D eigenvalue weighted by Gasteiger charge is 2.86. The molecule has 9 atom stereocenters. The summed E-state index contributed by atoms with van der Waals surface area (Å²) in [6.45, 7) is 9.67. The van der Waals surface area contributed by atoms with Gasteiger partial charge in [0, 0.05) is 29.1 Å². The van der Waals surface area contributed by atoms with Crippen molar-refractivity contribution >= 4 is 28.2 Å². The Bertz CT molecular complexity index is 1120. The van der Waals surface area contributed by atoms with E-state index in [1.54, 1.807) is 0 Å². The molecule has 6 aliphatic rings. The Morgan fingerprint density at radius 1 is 1.33 bits per heavy atom. The molecular weight excluding hydrogens is 444 g/mol. The average molecular weight is 475 g/mol. The number of carbonyl (C=O) groups is 2. The van der Waals surface area contributed by atoms with Crippen molar-refractivity contribution in [1.29, 1.82) is 0 Å². The molecule has 0 unspecified atom stereocenters. The van der Waals surface area contributed by atoms with E-state index in [2.05, 4.69) is 25.7 Å². The summed E-state index contributed by atoms with van der Waals surface area (Å²) in [7, 11) is 0. The monoisotopic (exact) mass is 474 g/mol. The van der Waals surface area contributed by atoms with Gasteiger partial charge in [-0.05, 0) is 42.6 Å². The van der Waals surface area contributed by atoms with Crippen LogP contribution in [0, 0.1) is 28.6 Å². The van der Waals surface area contributed by atoms with Gasteiger partial charge < -0.3 is 25.4 Å². The van der Waals surface area contributed by atoms with Gasteiger partial charge in [-0.2, -0.15) is 0 Å². The SMILES string of the molecule is C=C1C(=O)[C@]23[C@H](O)[C@H]1CC[C@H]2[C@@]12CO[C@@]3(O)[C@@H](O)[C@@H]1[C@](C)(CC)Cc1sc(NC(C)=O)nc12. The van der Waals surface area contributed by atoms with Gasteiger partial charge in [-0.25, -0.2) is 4.98 Å². The highest BCUT2D eigenvalue weighted by molar-refractivity contribution is 7.15. The number of thiazole rings is 1. The molecule has 3 saturated carbocycles. The van der Waals surface area contributed by atoms with Crippen LogP contribution in [0.15, 0.2) is 12.2 Å². The maximum absolute atomic E-state index is 13.8. The van der Waals surface area contributed by atoms with E-state index in [0.29, 0.717) is 30.0 Å². The Morgan fingerprint density at radius 3 is 2.73 bits per heavy atom. The lowest BCUT2D eigenvalue weighted by molar-refractivity contribution is -0.430. The minimum absolute atomic E-state index is 0.0978. The smallest absolute Gasteiger partial charge is 0.223 e. The summed E-state index contributed by atoms with van der Waals surface area (Å²) >= 11 is 1.42. The standard InChI is InChI=1S/C24H30N2O6S/c1-5-21(4)8-13-16(26-20(33-13)25-11(3)27)22-9-32-24(31,19(30)15(21)22)23-14(22)7-6-12(18(23)29)10(2)17(23)28/h12,14-15,18-19,29-31H,2,5-9H2,1,3-4H3,(H,25,26,27)/t12-,14-,15+,18+,19-,21+,22-,23-,24-/m0/s1. The van der Waals surface area contributed by atoms with Crippen molar-refractivity contribution in [3.8, 4) is 0 Å². The molecule has 9 heteroatoms. The third-order valence-electron chi connectivity index (χ3n) is 9.84. The van der Waals surface area contributed by atoms with E-state index < -0.39 is 57.8 Å². The molecule has 1 aromatic rings. The van der Waals surface area contributed by atoms with Crippen LogP contribution in [0.3, 0.4) is 0 Å². The molecule has 3 heterocycles. The van der Waals surface area contributed by atoms with Crippen molar-refractivity contribution in [3.63, 3.8) is 0 Å². The van der Waals surface area contributed by atoms with E-state index in [1.165, 1.54) is 18.3 Å². The fourth-order valence-electron chi connectivity index (χ4n) is 8.47. The van der Waals surface area contributed by atoms with Gasteiger partial charge >= 0.3 is 0 Å². The van der Waals surface area contributed by atoms with Crippen molar-refractivity contribution in [2.45, 2.75) is 69.9 Å². The number of aliphatic hydroxyl groups is 3. The second-order valence-electron chi connectivity index (χ2n) is 11.0. The van der Waals surface area contributed by atoms with Crippen LogP contribution in [0.5, 0.6) is 0 Å². The van der Waals surface area contributed by atoms with Crippen LogP contribution in [0.4, 0.5) is 5.13 Å². The Hall–Kier alpha value is -1.65. The largest absolute Gasteiger partial charge is 0.391 e. The number of hydrogen-bond donors (Lipinski definition) is 4. The number of aliphatic hydroxyl groups excluding tert-OH is 2. The fourth-order valence-corrected chi connectivity index (χ4v) is 9.77.